The summed E-state index contributed by atoms with van der Waals surface area (Å²) in [5, 5.41) is 0. The van der Waals surface area contributed by atoms with E-state index in [2.05, 4.69) is 0 Å². The monoisotopic (exact) mass is 238 g/mol. The van der Waals surface area contributed by atoms with Crippen LogP contribution in [0.25, 0.3) is 0 Å². The van der Waals surface area contributed by atoms with E-state index >= 15 is 0 Å². The van der Waals surface area contributed by atoms with E-state index in [0.29, 0.717) is 22.7 Å². The molecule has 0 aliphatic carbocycles. The maximum Gasteiger partial charge on any atom is 0.338 e. The average molecular weight is 238 g/mol. The van der Waals surface area contributed by atoms with Crippen molar-refractivity contribution in [2.24, 2.45) is 0 Å². The van der Waals surface area contributed by atoms with Crippen molar-refractivity contribution in [3.8, 4) is 5.75 Å². The quantitative estimate of drug-likeness (QED) is 0.606. The number of nitrogen functional groups attached to an aromatic ring is 2. The zero-order valence-corrected chi connectivity index (χ0v) is 10.5. The van der Waals surface area contributed by atoms with Crippen molar-refractivity contribution in [2.75, 3.05) is 18.6 Å². The van der Waals surface area contributed by atoms with Crippen LogP contribution in [0.2, 0.25) is 0 Å². The molecule has 17 heavy (non-hydrogen) atoms. The summed E-state index contributed by atoms with van der Waals surface area (Å²) in [6, 6.07) is 2.99. The SMILES string of the molecule is COc1cc(C(=O)OC(C)(C)C)cc(N)c1N. The van der Waals surface area contributed by atoms with Crippen LogP contribution in [-0.4, -0.2) is 18.7 Å². The van der Waals surface area contributed by atoms with Crippen LogP contribution in [0, 0.1) is 0 Å². The van der Waals surface area contributed by atoms with Crippen molar-refractivity contribution in [3.63, 3.8) is 0 Å². The summed E-state index contributed by atoms with van der Waals surface area (Å²) >= 11 is 0. The summed E-state index contributed by atoms with van der Waals surface area (Å²) in [5.41, 5.74) is 11.8. The molecule has 1 aromatic rings. The molecule has 0 unspecified atom stereocenters. The first-order chi connectivity index (χ1) is 7.74. The molecule has 5 nitrogen and oxygen atoms in total. The van der Waals surface area contributed by atoms with Gasteiger partial charge in [0.05, 0.1) is 24.0 Å². The highest BCUT2D eigenvalue weighted by Crippen LogP contribution is 2.29. The van der Waals surface area contributed by atoms with Gasteiger partial charge in [-0.05, 0) is 32.9 Å². The highest BCUT2D eigenvalue weighted by atomic mass is 16.6. The number of ether oxygens (including phenoxy) is 2. The summed E-state index contributed by atoms with van der Waals surface area (Å²) in [5.74, 6) is -0.0895. The summed E-state index contributed by atoms with van der Waals surface area (Å²) in [7, 11) is 1.46. The van der Waals surface area contributed by atoms with Crippen LogP contribution >= 0.6 is 0 Å². The largest absolute Gasteiger partial charge is 0.494 e. The van der Waals surface area contributed by atoms with E-state index in [-0.39, 0.29) is 0 Å². The number of hydrogen-bond acceptors (Lipinski definition) is 5. The molecular weight excluding hydrogens is 220 g/mol. The second-order valence-electron chi connectivity index (χ2n) is 4.68. The summed E-state index contributed by atoms with van der Waals surface area (Å²) in [6.07, 6.45) is 0. The van der Waals surface area contributed by atoms with Gasteiger partial charge in [-0.15, -0.1) is 0 Å². The van der Waals surface area contributed by atoms with E-state index in [1.54, 1.807) is 20.8 Å². The fraction of sp³-hybridized carbons (Fsp3) is 0.417. The number of carbonyl (C=O) groups is 1. The van der Waals surface area contributed by atoms with E-state index in [4.69, 9.17) is 20.9 Å². The van der Waals surface area contributed by atoms with Gasteiger partial charge < -0.3 is 20.9 Å². The molecule has 0 heterocycles. The molecule has 0 aliphatic rings. The maximum atomic E-state index is 11.8. The fourth-order valence-electron chi connectivity index (χ4n) is 1.27. The van der Waals surface area contributed by atoms with Crippen molar-refractivity contribution in [2.45, 2.75) is 26.4 Å². The molecule has 0 atom stereocenters. The van der Waals surface area contributed by atoms with Crippen LogP contribution in [-0.2, 0) is 4.74 Å². The number of nitrogens with two attached hydrogens (primary N) is 2. The van der Waals surface area contributed by atoms with Gasteiger partial charge >= 0.3 is 5.97 Å². The molecule has 0 saturated carbocycles. The second-order valence-corrected chi connectivity index (χ2v) is 4.68. The Kier molecular flexibility index (Phi) is 3.50. The van der Waals surface area contributed by atoms with E-state index in [9.17, 15) is 4.79 Å². The summed E-state index contributed by atoms with van der Waals surface area (Å²) in [4.78, 5) is 11.8. The lowest BCUT2D eigenvalue weighted by Crippen LogP contribution is -2.24. The van der Waals surface area contributed by atoms with Gasteiger partial charge in [0, 0.05) is 0 Å². The van der Waals surface area contributed by atoms with Gasteiger partial charge in [-0.3, -0.25) is 0 Å². The Labute approximate surface area is 101 Å². The third kappa shape index (κ3) is 3.27. The molecule has 0 amide bonds. The predicted molar refractivity (Wildman–Crippen MR) is 67.0 cm³/mol. The van der Waals surface area contributed by atoms with Gasteiger partial charge in [-0.2, -0.15) is 0 Å². The van der Waals surface area contributed by atoms with Crippen LogP contribution < -0.4 is 16.2 Å². The molecule has 1 aromatic carbocycles. The molecular formula is C12H18N2O3. The average Bonchev–Trinajstić information content (AvgIpc) is 2.19. The highest BCUT2D eigenvalue weighted by molar-refractivity contribution is 5.93. The smallest absolute Gasteiger partial charge is 0.338 e. The van der Waals surface area contributed by atoms with Crippen molar-refractivity contribution in [1.82, 2.24) is 0 Å². The molecule has 0 spiro atoms. The maximum absolute atomic E-state index is 11.8. The number of esters is 1. The number of rotatable bonds is 2. The van der Waals surface area contributed by atoms with E-state index < -0.39 is 11.6 Å². The zero-order valence-electron chi connectivity index (χ0n) is 10.5. The molecule has 94 valence electrons. The Bertz CT molecular complexity index is 436. The lowest BCUT2D eigenvalue weighted by molar-refractivity contribution is 0.00693. The van der Waals surface area contributed by atoms with Crippen LogP contribution in [0.3, 0.4) is 0 Å². The number of carbonyl (C=O) groups excluding carboxylic acids is 1. The molecule has 0 radical (unpaired) electrons. The minimum Gasteiger partial charge on any atom is -0.494 e. The first-order valence-corrected chi connectivity index (χ1v) is 5.21. The standard InChI is InChI=1S/C12H18N2O3/c1-12(2,3)17-11(15)7-5-8(13)10(14)9(6-7)16-4/h5-6H,13-14H2,1-4H3. The molecule has 0 fully saturated rings. The van der Waals surface area contributed by atoms with E-state index in [1.807, 2.05) is 0 Å². The van der Waals surface area contributed by atoms with Crippen molar-refractivity contribution < 1.29 is 14.3 Å². The topological polar surface area (TPSA) is 87.6 Å². The van der Waals surface area contributed by atoms with Crippen LogP contribution in [0.4, 0.5) is 11.4 Å². The lowest BCUT2D eigenvalue weighted by atomic mass is 10.1. The van der Waals surface area contributed by atoms with Gasteiger partial charge in [-0.25, -0.2) is 4.79 Å². The van der Waals surface area contributed by atoms with Crippen molar-refractivity contribution in [3.05, 3.63) is 17.7 Å². The number of hydrogen-bond donors (Lipinski definition) is 2. The number of methoxy groups -OCH3 is 1. The minimum atomic E-state index is -0.555. The minimum absolute atomic E-state index is 0.296. The van der Waals surface area contributed by atoms with E-state index in [1.165, 1.54) is 19.2 Å². The Morgan fingerprint density at radius 2 is 1.82 bits per heavy atom. The summed E-state index contributed by atoms with van der Waals surface area (Å²) < 4.78 is 10.3. The van der Waals surface area contributed by atoms with Crippen LogP contribution in [0.1, 0.15) is 31.1 Å². The second kappa shape index (κ2) is 4.53. The highest BCUT2D eigenvalue weighted by Gasteiger charge is 2.19. The molecule has 0 bridgehead atoms. The van der Waals surface area contributed by atoms with E-state index in [0.717, 1.165) is 0 Å². The normalized spacial score (nSPS) is 11.1. The van der Waals surface area contributed by atoms with Gasteiger partial charge in [0.15, 0.2) is 0 Å². The van der Waals surface area contributed by atoms with Crippen molar-refractivity contribution >= 4 is 17.3 Å². The van der Waals surface area contributed by atoms with Gasteiger partial charge in [0.1, 0.15) is 11.4 Å². The molecule has 0 aromatic heterocycles. The van der Waals surface area contributed by atoms with Crippen LogP contribution in [0.15, 0.2) is 12.1 Å². The fourth-order valence-corrected chi connectivity index (χ4v) is 1.27. The number of anilines is 2. The Hall–Kier alpha value is -1.91. The molecule has 0 aliphatic heterocycles. The third-order valence-corrected chi connectivity index (χ3v) is 2.03. The predicted octanol–water partition coefficient (Wildman–Crippen LogP) is 1.81. The molecule has 5 heteroatoms. The Balaban J connectivity index is 3.07. The third-order valence-electron chi connectivity index (χ3n) is 2.03. The first-order valence-electron chi connectivity index (χ1n) is 5.21. The molecule has 0 saturated heterocycles. The number of benzene rings is 1. The van der Waals surface area contributed by atoms with Crippen molar-refractivity contribution in [1.29, 1.82) is 0 Å². The van der Waals surface area contributed by atoms with Crippen LogP contribution in [0.5, 0.6) is 5.75 Å². The zero-order chi connectivity index (χ0) is 13.2. The van der Waals surface area contributed by atoms with Gasteiger partial charge in [0.2, 0.25) is 0 Å². The Morgan fingerprint density at radius 3 is 2.29 bits per heavy atom. The first kappa shape index (κ1) is 13.2. The Morgan fingerprint density at radius 1 is 1.24 bits per heavy atom. The summed E-state index contributed by atoms with van der Waals surface area (Å²) in [6.45, 7) is 5.38. The van der Waals surface area contributed by atoms with Gasteiger partial charge in [0.25, 0.3) is 0 Å². The molecule has 4 N–H and O–H groups in total. The molecule has 1 rings (SSSR count). The lowest BCUT2D eigenvalue weighted by Gasteiger charge is -2.20. The van der Waals surface area contributed by atoms with Gasteiger partial charge in [-0.1, -0.05) is 0 Å².